The third kappa shape index (κ3) is 6.58. The van der Waals surface area contributed by atoms with E-state index in [9.17, 15) is 27.2 Å². The van der Waals surface area contributed by atoms with Crippen LogP contribution >= 0.6 is 23.4 Å². The summed E-state index contributed by atoms with van der Waals surface area (Å²) in [7, 11) is 1.43. The zero-order valence-corrected chi connectivity index (χ0v) is 18.6. The first kappa shape index (κ1) is 26.9. The van der Waals surface area contributed by atoms with E-state index in [4.69, 9.17) is 21.8 Å². The average Bonchev–Trinajstić information content (AvgIpc) is 2.75. The second-order valence-electron chi connectivity index (χ2n) is 6.43. The maximum Gasteiger partial charge on any atom is 0.417 e. The highest BCUT2D eigenvalue weighted by Crippen LogP contribution is 2.45. The van der Waals surface area contributed by atoms with Crippen LogP contribution in [0, 0.1) is 5.82 Å². The van der Waals surface area contributed by atoms with Crippen LogP contribution in [-0.2, 0) is 10.9 Å². The number of hydrogen-bond donors (Lipinski definition) is 4. The first-order valence-corrected chi connectivity index (χ1v) is 10.6. The number of aliphatic hydroxyl groups is 2. The Hall–Kier alpha value is -2.38. The van der Waals surface area contributed by atoms with E-state index in [-0.39, 0.29) is 57.5 Å². The lowest BCUT2D eigenvalue weighted by molar-refractivity contribution is -0.137. The Labute approximate surface area is 193 Å². The van der Waals surface area contributed by atoms with Gasteiger partial charge in [0, 0.05) is 29.9 Å². The summed E-state index contributed by atoms with van der Waals surface area (Å²) in [5.74, 6) is -0.590. The van der Waals surface area contributed by atoms with Crippen LogP contribution in [0.2, 0.25) is 5.02 Å². The van der Waals surface area contributed by atoms with Gasteiger partial charge < -0.3 is 19.9 Å². The van der Waals surface area contributed by atoms with Gasteiger partial charge in [-0.2, -0.15) is 13.2 Å². The highest BCUT2D eigenvalue weighted by molar-refractivity contribution is 7.99. The van der Waals surface area contributed by atoms with Crippen molar-refractivity contribution in [1.82, 2.24) is 9.97 Å². The quantitative estimate of drug-likeness (QED) is 0.174. The molecule has 0 fully saturated rings. The molecule has 0 aliphatic rings. The molecule has 2 aromatic carbocycles. The Morgan fingerprint density at radius 3 is 2.36 bits per heavy atom. The van der Waals surface area contributed by atoms with Crippen LogP contribution in [0.15, 0.2) is 38.8 Å². The van der Waals surface area contributed by atoms with Gasteiger partial charge in [0.05, 0.1) is 21.5 Å². The first-order chi connectivity index (χ1) is 15.5. The van der Waals surface area contributed by atoms with Gasteiger partial charge in [-0.1, -0.05) is 17.7 Å². The summed E-state index contributed by atoms with van der Waals surface area (Å²) in [6.07, 6.45) is -4.58. The lowest BCUT2D eigenvalue weighted by Crippen LogP contribution is -2.23. The van der Waals surface area contributed by atoms with Gasteiger partial charge in [-0.3, -0.25) is 9.78 Å². The van der Waals surface area contributed by atoms with Gasteiger partial charge >= 0.3 is 11.9 Å². The standard InChI is InChI=1S/C18H13ClF4N2O3S.C2H6O2/c19-11-6-8(2-3-12(11)20)13-10(18(21,22)23)7-9-14(15(13)29-5-1-4-26)24-17(28)25-16(9)27;1-4-2-3/h2-3,6-7,26H,1,4-5H2,(H2,24,25,27,28);3H,2H2,1H3. The Morgan fingerprint density at radius 1 is 1.15 bits per heavy atom. The number of methoxy groups -OCH3 is 1. The number of aromatic amines is 2. The van der Waals surface area contributed by atoms with Gasteiger partial charge in [0.2, 0.25) is 0 Å². The number of halogens is 5. The summed E-state index contributed by atoms with van der Waals surface area (Å²) in [6.45, 7) is -0.376. The molecule has 0 atom stereocenters. The molecule has 0 aliphatic carbocycles. The van der Waals surface area contributed by atoms with E-state index in [1.807, 2.05) is 4.98 Å². The predicted molar refractivity (Wildman–Crippen MR) is 117 cm³/mol. The number of aliphatic hydroxyl groups excluding tert-OH is 2. The molecular formula is C20H19ClF4N2O5S. The topological polar surface area (TPSA) is 115 Å². The zero-order chi connectivity index (χ0) is 24.8. The minimum atomic E-state index is -4.85. The van der Waals surface area contributed by atoms with E-state index in [2.05, 4.69) is 9.72 Å². The molecule has 0 amide bonds. The summed E-state index contributed by atoms with van der Waals surface area (Å²) in [5, 5.41) is 15.9. The van der Waals surface area contributed by atoms with E-state index in [1.54, 1.807) is 0 Å². The highest BCUT2D eigenvalue weighted by atomic mass is 35.5. The van der Waals surface area contributed by atoms with Crippen LogP contribution in [-0.4, -0.2) is 46.4 Å². The molecular weight excluding hydrogens is 492 g/mol. The number of nitrogens with one attached hydrogen (secondary N) is 2. The molecule has 0 unspecified atom stereocenters. The lowest BCUT2D eigenvalue weighted by atomic mass is 9.97. The minimum Gasteiger partial charge on any atom is -0.396 e. The molecule has 3 aromatic rings. The van der Waals surface area contributed by atoms with Gasteiger partial charge in [-0.25, -0.2) is 9.18 Å². The van der Waals surface area contributed by atoms with Crippen LogP contribution in [0.3, 0.4) is 0 Å². The number of thioether (sulfide) groups is 1. The number of benzene rings is 2. The van der Waals surface area contributed by atoms with E-state index in [1.165, 1.54) is 7.11 Å². The SMILES string of the molecule is COCO.O=c1[nH]c(=O)c2cc(C(F)(F)F)c(-c3ccc(F)c(Cl)c3)c(SCCCO)c2[nH]1. The van der Waals surface area contributed by atoms with Crippen LogP contribution in [0.5, 0.6) is 0 Å². The van der Waals surface area contributed by atoms with Crippen molar-refractivity contribution < 1.29 is 32.5 Å². The molecule has 1 aromatic heterocycles. The normalized spacial score (nSPS) is 11.4. The summed E-state index contributed by atoms with van der Waals surface area (Å²) >= 11 is 6.70. The van der Waals surface area contributed by atoms with Crippen LogP contribution in [0.25, 0.3) is 22.0 Å². The molecule has 0 saturated carbocycles. The fraction of sp³-hybridized carbons (Fsp3) is 0.300. The molecule has 3 rings (SSSR count). The molecule has 4 N–H and O–H groups in total. The van der Waals surface area contributed by atoms with Crippen molar-refractivity contribution in [2.45, 2.75) is 17.5 Å². The Balaban J connectivity index is 0.000000890. The van der Waals surface area contributed by atoms with Crippen molar-refractivity contribution in [2.75, 3.05) is 26.3 Å². The predicted octanol–water partition coefficient (Wildman–Crippen LogP) is 3.75. The van der Waals surface area contributed by atoms with Gasteiger partial charge in [-0.15, -0.1) is 11.8 Å². The Morgan fingerprint density at radius 2 is 1.82 bits per heavy atom. The second-order valence-corrected chi connectivity index (χ2v) is 7.94. The number of rotatable bonds is 6. The molecule has 0 spiro atoms. The number of H-pyrrole nitrogens is 2. The minimum absolute atomic E-state index is 0.0193. The molecule has 33 heavy (non-hydrogen) atoms. The van der Waals surface area contributed by atoms with E-state index < -0.39 is 28.8 Å². The number of hydrogen-bond acceptors (Lipinski definition) is 6. The van der Waals surface area contributed by atoms with E-state index >= 15 is 0 Å². The van der Waals surface area contributed by atoms with Crippen molar-refractivity contribution in [2.24, 2.45) is 0 Å². The van der Waals surface area contributed by atoms with E-state index in [0.29, 0.717) is 6.07 Å². The maximum absolute atomic E-state index is 13.9. The van der Waals surface area contributed by atoms with Crippen molar-refractivity contribution in [3.8, 4) is 11.1 Å². The summed E-state index contributed by atoms with van der Waals surface area (Å²) in [6, 6.07) is 3.77. The molecule has 0 bridgehead atoms. The van der Waals surface area contributed by atoms with Crippen LogP contribution in [0.1, 0.15) is 12.0 Å². The van der Waals surface area contributed by atoms with Crippen molar-refractivity contribution in [3.63, 3.8) is 0 Å². The molecule has 13 heteroatoms. The summed E-state index contributed by atoms with van der Waals surface area (Å²) in [4.78, 5) is 28.2. The number of ether oxygens (including phenoxy) is 1. The molecule has 7 nitrogen and oxygen atoms in total. The Bertz CT molecular complexity index is 1230. The lowest BCUT2D eigenvalue weighted by Gasteiger charge is -2.19. The molecule has 0 radical (unpaired) electrons. The first-order valence-electron chi connectivity index (χ1n) is 9.24. The maximum atomic E-state index is 13.9. The average molecular weight is 511 g/mol. The smallest absolute Gasteiger partial charge is 0.396 e. The Kier molecular flexibility index (Phi) is 9.49. The molecule has 0 saturated heterocycles. The monoisotopic (exact) mass is 510 g/mol. The van der Waals surface area contributed by atoms with Crippen molar-refractivity contribution in [1.29, 1.82) is 0 Å². The fourth-order valence-corrected chi connectivity index (χ4v) is 4.16. The zero-order valence-electron chi connectivity index (χ0n) is 17.1. The third-order valence-electron chi connectivity index (χ3n) is 4.18. The van der Waals surface area contributed by atoms with E-state index in [0.717, 1.165) is 30.0 Å². The largest absolute Gasteiger partial charge is 0.417 e. The van der Waals surface area contributed by atoms with Crippen molar-refractivity contribution in [3.05, 3.63) is 61.5 Å². The van der Waals surface area contributed by atoms with Crippen molar-refractivity contribution >= 4 is 34.3 Å². The molecule has 0 aliphatic heterocycles. The second kappa shape index (κ2) is 11.7. The summed E-state index contributed by atoms with van der Waals surface area (Å²) in [5.41, 5.74) is -3.42. The van der Waals surface area contributed by atoms with Gasteiger partial charge in [0.25, 0.3) is 5.56 Å². The summed E-state index contributed by atoms with van der Waals surface area (Å²) < 4.78 is 59.3. The number of alkyl halides is 3. The van der Waals surface area contributed by atoms with Gasteiger partial charge in [0.15, 0.2) is 0 Å². The highest BCUT2D eigenvalue weighted by Gasteiger charge is 2.36. The fourth-order valence-electron chi connectivity index (χ4n) is 2.82. The van der Waals surface area contributed by atoms with Gasteiger partial charge in [-0.05, 0) is 30.2 Å². The van der Waals surface area contributed by atoms with Crippen LogP contribution < -0.4 is 11.2 Å². The van der Waals surface area contributed by atoms with Crippen LogP contribution in [0.4, 0.5) is 17.6 Å². The molecule has 180 valence electrons. The van der Waals surface area contributed by atoms with Gasteiger partial charge in [0.1, 0.15) is 12.6 Å². The number of aromatic nitrogens is 2. The number of fused-ring (bicyclic) bond motifs is 1. The third-order valence-corrected chi connectivity index (χ3v) is 5.66. The molecule has 1 heterocycles.